The molecule has 0 rings (SSSR count). The standard InChI is InChI=1S/C8H10F3NO3/c1-3-4-5(6(13)15-2)12-7(14)8(9,10)11/h3,5H,1,4H2,2H3,(H,12,14). The quantitative estimate of drug-likeness (QED) is 0.568. The highest BCUT2D eigenvalue weighted by Crippen LogP contribution is 2.15. The van der Waals surface area contributed by atoms with E-state index in [1.165, 1.54) is 11.4 Å². The number of halogens is 3. The van der Waals surface area contributed by atoms with Gasteiger partial charge in [0.15, 0.2) is 0 Å². The van der Waals surface area contributed by atoms with Gasteiger partial charge in [0.25, 0.3) is 0 Å². The lowest BCUT2D eigenvalue weighted by molar-refractivity contribution is -0.175. The van der Waals surface area contributed by atoms with Crippen LogP contribution in [0, 0.1) is 0 Å². The molecule has 0 aliphatic rings. The molecule has 15 heavy (non-hydrogen) atoms. The van der Waals surface area contributed by atoms with Crippen molar-refractivity contribution in [2.45, 2.75) is 18.6 Å². The van der Waals surface area contributed by atoms with Gasteiger partial charge >= 0.3 is 18.1 Å². The maximum atomic E-state index is 11.8. The monoisotopic (exact) mass is 225 g/mol. The first-order chi connectivity index (χ1) is 6.82. The van der Waals surface area contributed by atoms with Crippen molar-refractivity contribution in [3.8, 4) is 0 Å². The summed E-state index contributed by atoms with van der Waals surface area (Å²) < 4.78 is 39.7. The van der Waals surface area contributed by atoms with Crippen molar-refractivity contribution in [1.82, 2.24) is 5.32 Å². The Morgan fingerprint density at radius 1 is 1.53 bits per heavy atom. The minimum Gasteiger partial charge on any atom is -0.467 e. The maximum Gasteiger partial charge on any atom is 0.471 e. The van der Waals surface area contributed by atoms with Crippen LogP contribution < -0.4 is 5.32 Å². The van der Waals surface area contributed by atoms with E-state index in [0.717, 1.165) is 7.11 Å². The van der Waals surface area contributed by atoms with Crippen LogP contribution in [0.2, 0.25) is 0 Å². The number of nitrogens with one attached hydrogen (secondary N) is 1. The molecular weight excluding hydrogens is 215 g/mol. The Balaban J connectivity index is 4.48. The summed E-state index contributed by atoms with van der Waals surface area (Å²) in [5.74, 6) is -3.13. The second kappa shape index (κ2) is 5.38. The third-order valence-corrected chi connectivity index (χ3v) is 1.45. The molecule has 0 bridgehead atoms. The van der Waals surface area contributed by atoms with E-state index in [-0.39, 0.29) is 6.42 Å². The third kappa shape index (κ3) is 4.48. The number of carbonyl (C=O) groups is 2. The lowest BCUT2D eigenvalue weighted by Gasteiger charge is -2.15. The number of amides is 1. The molecule has 1 amide bonds. The molecule has 0 aromatic heterocycles. The molecule has 0 aliphatic heterocycles. The topological polar surface area (TPSA) is 55.4 Å². The van der Waals surface area contributed by atoms with Crippen LogP contribution in [0.4, 0.5) is 13.2 Å². The number of methoxy groups -OCH3 is 1. The van der Waals surface area contributed by atoms with Crippen LogP contribution in [0.15, 0.2) is 12.7 Å². The zero-order valence-corrected chi connectivity index (χ0v) is 7.93. The summed E-state index contributed by atoms with van der Waals surface area (Å²) in [6, 6.07) is -1.36. The SMILES string of the molecule is C=CCC(NC(=O)C(F)(F)F)C(=O)OC. The number of carbonyl (C=O) groups excluding carboxylic acids is 2. The third-order valence-electron chi connectivity index (χ3n) is 1.45. The highest BCUT2D eigenvalue weighted by Gasteiger charge is 2.40. The molecule has 0 saturated heterocycles. The van der Waals surface area contributed by atoms with Crippen LogP contribution in [-0.2, 0) is 14.3 Å². The van der Waals surface area contributed by atoms with Crippen LogP contribution in [0.5, 0.6) is 0 Å². The average molecular weight is 225 g/mol. The molecule has 0 spiro atoms. The molecule has 1 atom stereocenters. The molecule has 86 valence electrons. The van der Waals surface area contributed by atoms with E-state index in [2.05, 4.69) is 11.3 Å². The molecule has 1 unspecified atom stereocenters. The van der Waals surface area contributed by atoms with Gasteiger partial charge in [0.2, 0.25) is 0 Å². The highest BCUT2D eigenvalue weighted by atomic mass is 19.4. The van der Waals surface area contributed by atoms with E-state index in [1.807, 2.05) is 0 Å². The van der Waals surface area contributed by atoms with E-state index < -0.39 is 24.1 Å². The van der Waals surface area contributed by atoms with Gasteiger partial charge in [-0.25, -0.2) is 4.79 Å². The smallest absolute Gasteiger partial charge is 0.467 e. The van der Waals surface area contributed by atoms with Crippen LogP contribution >= 0.6 is 0 Å². The fourth-order valence-electron chi connectivity index (χ4n) is 0.763. The molecule has 4 nitrogen and oxygen atoms in total. The van der Waals surface area contributed by atoms with Crippen LogP contribution in [0.3, 0.4) is 0 Å². The first-order valence-electron chi connectivity index (χ1n) is 3.89. The summed E-state index contributed by atoms with van der Waals surface area (Å²) >= 11 is 0. The summed E-state index contributed by atoms with van der Waals surface area (Å²) in [5.41, 5.74) is 0. The van der Waals surface area contributed by atoms with Gasteiger partial charge in [-0.2, -0.15) is 13.2 Å². The highest BCUT2D eigenvalue weighted by molar-refractivity contribution is 5.87. The van der Waals surface area contributed by atoms with E-state index in [0.29, 0.717) is 0 Å². The largest absolute Gasteiger partial charge is 0.471 e. The molecule has 0 aromatic carbocycles. The molecule has 1 N–H and O–H groups in total. The fourth-order valence-corrected chi connectivity index (χ4v) is 0.763. The predicted molar refractivity (Wildman–Crippen MR) is 44.8 cm³/mol. The Bertz CT molecular complexity index is 262. The number of ether oxygens (including phenoxy) is 1. The van der Waals surface area contributed by atoms with Crippen molar-refractivity contribution >= 4 is 11.9 Å². The summed E-state index contributed by atoms with van der Waals surface area (Å²) in [4.78, 5) is 21.4. The summed E-state index contributed by atoms with van der Waals surface area (Å²) in [5, 5.41) is 1.50. The van der Waals surface area contributed by atoms with Crippen molar-refractivity contribution < 1.29 is 27.5 Å². The molecule has 0 saturated carbocycles. The van der Waals surface area contributed by atoms with Gasteiger partial charge in [-0.15, -0.1) is 6.58 Å². The molecule has 0 aliphatic carbocycles. The molecule has 7 heteroatoms. The van der Waals surface area contributed by atoms with Crippen LogP contribution in [0.25, 0.3) is 0 Å². The van der Waals surface area contributed by atoms with Crippen molar-refractivity contribution in [2.75, 3.05) is 7.11 Å². The van der Waals surface area contributed by atoms with Gasteiger partial charge in [-0.05, 0) is 6.42 Å². The van der Waals surface area contributed by atoms with Crippen LogP contribution in [-0.4, -0.2) is 31.2 Å². The first-order valence-corrected chi connectivity index (χ1v) is 3.89. The van der Waals surface area contributed by atoms with Crippen molar-refractivity contribution in [3.05, 3.63) is 12.7 Å². The Labute approximate surface area is 84.1 Å². The second-order valence-corrected chi connectivity index (χ2v) is 2.57. The lowest BCUT2D eigenvalue weighted by Crippen LogP contribution is -2.47. The Morgan fingerprint density at radius 3 is 2.40 bits per heavy atom. The van der Waals surface area contributed by atoms with Crippen molar-refractivity contribution in [3.63, 3.8) is 0 Å². The molecule has 0 radical (unpaired) electrons. The van der Waals surface area contributed by atoms with Gasteiger partial charge in [-0.1, -0.05) is 6.08 Å². The minimum atomic E-state index is -5.02. The number of hydrogen-bond donors (Lipinski definition) is 1. The Hall–Kier alpha value is -1.53. The number of hydrogen-bond acceptors (Lipinski definition) is 3. The molecule has 0 aromatic rings. The zero-order valence-electron chi connectivity index (χ0n) is 7.93. The van der Waals surface area contributed by atoms with Gasteiger partial charge in [0.05, 0.1) is 7.11 Å². The van der Waals surface area contributed by atoms with Gasteiger partial charge < -0.3 is 10.1 Å². The number of esters is 1. The first kappa shape index (κ1) is 13.5. The lowest BCUT2D eigenvalue weighted by atomic mass is 10.2. The Kier molecular flexibility index (Phi) is 4.83. The zero-order chi connectivity index (χ0) is 12.1. The maximum absolute atomic E-state index is 11.8. The van der Waals surface area contributed by atoms with E-state index >= 15 is 0 Å². The molecule has 0 heterocycles. The van der Waals surface area contributed by atoms with Gasteiger partial charge in [-0.3, -0.25) is 4.79 Å². The Morgan fingerprint density at radius 2 is 2.07 bits per heavy atom. The van der Waals surface area contributed by atoms with Crippen molar-refractivity contribution in [1.29, 1.82) is 0 Å². The molecular formula is C8H10F3NO3. The minimum absolute atomic E-state index is 0.130. The van der Waals surface area contributed by atoms with E-state index in [9.17, 15) is 22.8 Å². The number of rotatable bonds is 4. The number of alkyl halides is 3. The fraction of sp³-hybridized carbons (Fsp3) is 0.500. The van der Waals surface area contributed by atoms with E-state index in [4.69, 9.17) is 0 Å². The predicted octanol–water partition coefficient (Wildman–Crippen LogP) is 0.783. The van der Waals surface area contributed by atoms with Crippen LogP contribution in [0.1, 0.15) is 6.42 Å². The summed E-state index contributed by atoms with van der Waals surface area (Å²) in [6.07, 6.45) is -3.94. The van der Waals surface area contributed by atoms with E-state index in [1.54, 1.807) is 0 Å². The van der Waals surface area contributed by atoms with Gasteiger partial charge in [0, 0.05) is 0 Å². The summed E-state index contributed by atoms with van der Waals surface area (Å²) in [6.45, 7) is 3.25. The second-order valence-electron chi connectivity index (χ2n) is 2.57. The van der Waals surface area contributed by atoms with Gasteiger partial charge in [0.1, 0.15) is 6.04 Å². The average Bonchev–Trinajstić information content (AvgIpc) is 2.14. The normalized spacial score (nSPS) is 12.8. The summed E-state index contributed by atoms with van der Waals surface area (Å²) in [7, 11) is 1.01. The van der Waals surface area contributed by atoms with Crippen molar-refractivity contribution in [2.24, 2.45) is 0 Å². The molecule has 0 fully saturated rings.